The van der Waals surface area contributed by atoms with Crippen molar-refractivity contribution < 1.29 is 17.5 Å². The fourth-order valence-electron chi connectivity index (χ4n) is 2.84. The Kier molecular flexibility index (Phi) is 4.21. The van der Waals surface area contributed by atoms with E-state index in [1.165, 1.54) is 17.0 Å². The maximum atomic E-state index is 12.9. The predicted octanol–water partition coefficient (Wildman–Crippen LogP) is 3.47. The quantitative estimate of drug-likeness (QED) is 0.652. The largest absolute Gasteiger partial charge is 0.358 e. The summed E-state index contributed by atoms with van der Waals surface area (Å²) >= 11 is 0. The molecule has 0 fully saturated rings. The molecular formula is C20H14N2O4S. The molecule has 3 aromatic rings. The number of carbonyl (C=O) groups is 1. The third-order valence-electron chi connectivity index (χ3n) is 4.08. The molecule has 27 heavy (non-hydrogen) atoms. The molecule has 0 spiro atoms. The third-order valence-corrected chi connectivity index (χ3v) is 5.20. The van der Waals surface area contributed by atoms with Crippen LogP contribution in [0.15, 0.2) is 95.0 Å². The molecule has 0 aliphatic carbocycles. The van der Waals surface area contributed by atoms with Gasteiger partial charge in [-0.1, -0.05) is 59.8 Å². The molecule has 134 valence electrons. The van der Waals surface area contributed by atoms with Crippen molar-refractivity contribution in [3.05, 3.63) is 90.5 Å². The minimum atomic E-state index is -4.11. The Morgan fingerprint density at radius 2 is 1.37 bits per heavy atom. The SMILES string of the molecule is O=C1/C(=N/OS(=O)(=O)c2ccccc2)c2ccccc2N1c1ccccc1. The second-order valence-electron chi connectivity index (χ2n) is 5.77. The summed E-state index contributed by atoms with van der Waals surface area (Å²) in [6.07, 6.45) is 0. The number of rotatable bonds is 4. The zero-order valence-corrected chi connectivity index (χ0v) is 14.8. The molecule has 0 radical (unpaired) electrons. The van der Waals surface area contributed by atoms with Gasteiger partial charge in [0, 0.05) is 11.3 Å². The lowest BCUT2D eigenvalue weighted by atomic mass is 10.1. The van der Waals surface area contributed by atoms with Gasteiger partial charge in [0.05, 0.1) is 5.69 Å². The number of hydrogen-bond donors (Lipinski definition) is 0. The van der Waals surface area contributed by atoms with Gasteiger partial charge >= 0.3 is 10.1 Å². The summed E-state index contributed by atoms with van der Waals surface area (Å²) in [6.45, 7) is 0. The van der Waals surface area contributed by atoms with Crippen molar-refractivity contribution in [3.63, 3.8) is 0 Å². The normalized spacial score (nSPS) is 15.0. The van der Waals surface area contributed by atoms with E-state index in [4.69, 9.17) is 4.28 Å². The van der Waals surface area contributed by atoms with Gasteiger partial charge in [-0.15, -0.1) is 0 Å². The van der Waals surface area contributed by atoms with E-state index < -0.39 is 16.0 Å². The first-order valence-corrected chi connectivity index (χ1v) is 9.54. The Bertz CT molecular complexity index is 1130. The average Bonchev–Trinajstić information content (AvgIpc) is 2.99. The fraction of sp³-hybridized carbons (Fsp3) is 0. The van der Waals surface area contributed by atoms with Crippen molar-refractivity contribution in [1.82, 2.24) is 0 Å². The van der Waals surface area contributed by atoms with Crippen LogP contribution in [0.3, 0.4) is 0 Å². The number of para-hydroxylation sites is 2. The van der Waals surface area contributed by atoms with Crippen molar-refractivity contribution in [2.45, 2.75) is 4.90 Å². The van der Waals surface area contributed by atoms with E-state index in [0.29, 0.717) is 16.9 Å². The number of fused-ring (bicyclic) bond motifs is 1. The van der Waals surface area contributed by atoms with Crippen molar-refractivity contribution in [3.8, 4) is 0 Å². The van der Waals surface area contributed by atoms with Gasteiger partial charge in [0.2, 0.25) is 0 Å². The van der Waals surface area contributed by atoms with Crippen LogP contribution in [-0.4, -0.2) is 20.0 Å². The zero-order chi connectivity index (χ0) is 18.9. The zero-order valence-electron chi connectivity index (χ0n) is 14.0. The Morgan fingerprint density at radius 3 is 2.07 bits per heavy atom. The minimum Gasteiger partial charge on any atom is -0.275 e. The topological polar surface area (TPSA) is 76.0 Å². The lowest BCUT2D eigenvalue weighted by molar-refractivity contribution is -0.111. The molecule has 0 saturated carbocycles. The molecule has 1 aliphatic heterocycles. The number of hydrogen-bond acceptors (Lipinski definition) is 5. The molecule has 4 rings (SSSR count). The summed E-state index contributed by atoms with van der Waals surface area (Å²) < 4.78 is 29.4. The standard InChI is InChI=1S/C20H14N2O4S/c23-20-19(21-26-27(24,25)16-11-5-2-6-12-16)17-13-7-8-14-18(17)22(20)15-9-3-1-4-10-15/h1-14H/b21-19+. The van der Waals surface area contributed by atoms with E-state index in [0.717, 1.165) is 0 Å². The summed E-state index contributed by atoms with van der Waals surface area (Å²) in [5.74, 6) is -0.453. The molecule has 0 N–H and O–H groups in total. The van der Waals surface area contributed by atoms with E-state index in [1.807, 2.05) is 18.2 Å². The molecule has 3 aromatic carbocycles. The first-order valence-electron chi connectivity index (χ1n) is 8.13. The van der Waals surface area contributed by atoms with Gasteiger partial charge in [-0.2, -0.15) is 8.42 Å². The fourth-order valence-corrected chi connectivity index (χ4v) is 3.59. The monoisotopic (exact) mass is 378 g/mol. The van der Waals surface area contributed by atoms with Crippen LogP contribution in [0, 0.1) is 0 Å². The summed E-state index contributed by atoms with van der Waals surface area (Å²) in [7, 11) is -4.11. The Morgan fingerprint density at radius 1 is 0.778 bits per heavy atom. The summed E-state index contributed by atoms with van der Waals surface area (Å²) in [4.78, 5) is 14.4. The van der Waals surface area contributed by atoms with Crippen molar-refractivity contribution >= 4 is 33.1 Å². The van der Waals surface area contributed by atoms with Crippen LogP contribution in [0.25, 0.3) is 0 Å². The van der Waals surface area contributed by atoms with Crippen molar-refractivity contribution in [1.29, 1.82) is 0 Å². The highest BCUT2D eigenvalue weighted by atomic mass is 32.2. The number of carbonyl (C=O) groups excluding carboxylic acids is 1. The molecule has 1 aliphatic rings. The molecule has 0 aromatic heterocycles. The maximum absolute atomic E-state index is 12.9. The van der Waals surface area contributed by atoms with Crippen LogP contribution in [0.1, 0.15) is 5.56 Å². The molecule has 0 saturated heterocycles. The predicted molar refractivity (Wildman–Crippen MR) is 101 cm³/mol. The smallest absolute Gasteiger partial charge is 0.275 e. The van der Waals surface area contributed by atoms with Crippen LogP contribution in [0.5, 0.6) is 0 Å². The maximum Gasteiger partial charge on any atom is 0.358 e. The van der Waals surface area contributed by atoms with Crippen LogP contribution in [0.4, 0.5) is 11.4 Å². The van der Waals surface area contributed by atoms with Gasteiger partial charge in [-0.3, -0.25) is 14.0 Å². The number of benzene rings is 3. The van der Waals surface area contributed by atoms with Crippen LogP contribution >= 0.6 is 0 Å². The van der Waals surface area contributed by atoms with Crippen LogP contribution in [0.2, 0.25) is 0 Å². The third kappa shape index (κ3) is 3.09. The number of oxime groups is 1. The highest BCUT2D eigenvalue weighted by molar-refractivity contribution is 7.86. The molecule has 7 heteroatoms. The van der Waals surface area contributed by atoms with Crippen molar-refractivity contribution in [2.75, 3.05) is 4.90 Å². The highest BCUT2D eigenvalue weighted by Gasteiger charge is 2.36. The second kappa shape index (κ2) is 6.69. The lowest BCUT2D eigenvalue weighted by Crippen LogP contribution is -2.25. The molecule has 0 bridgehead atoms. The summed E-state index contributed by atoms with van der Waals surface area (Å²) in [5, 5.41) is 3.71. The molecular weight excluding hydrogens is 364 g/mol. The van der Waals surface area contributed by atoms with E-state index in [-0.39, 0.29) is 10.6 Å². The average molecular weight is 378 g/mol. The van der Waals surface area contributed by atoms with E-state index >= 15 is 0 Å². The van der Waals surface area contributed by atoms with Crippen LogP contribution in [-0.2, 0) is 19.2 Å². The first kappa shape index (κ1) is 17.0. The second-order valence-corrected chi connectivity index (χ2v) is 7.30. The number of nitrogens with zero attached hydrogens (tertiary/aromatic N) is 2. The molecule has 0 unspecified atom stereocenters. The Balaban J connectivity index is 1.74. The van der Waals surface area contributed by atoms with E-state index in [1.54, 1.807) is 54.6 Å². The number of amides is 1. The summed E-state index contributed by atoms with van der Waals surface area (Å²) in [5.41, 5.74) is 1.72. The Hall–Kier alpha value is -3.45. The van der Waals surface area contributed by atoms with Crippen molar-refractivity contribution in [2.24, 2.45) is 5.16 Å². The van der Waals surface area contributed by atoms with E-state index in [9.17, 15) is 13.2 Å². The van der Waals surface area contributed by atoms with Gasteiger partial charge < -0.3 is 0 Å². The molecule has 1 heterocycles. The van der Waals surface area contributed by atoms with Gasteiger partial charge in [-0.25, -0.2) is 0 Å². The lowest BCUT2D eigenvalue weighted by Gasteiger charge is -2.16. The van der Waals surface area contributed by atoms with E-state index in [2.05, 4.69) is 5.16 Å². The van der Waals surface area contributed by atoms with Gasteiger partial charge in [-0.05, 0) is 30.3 Å². The molecule has 1 amide bonds. The molecule has 0 atom stereocenters. The number of anilines is 2. The van der Waals surface area contributed by atoms with Gasteiger partial charge in [0.1, 0.15) is 4.90 Å². The first-order chi connectivity index (χ1) is 13.1. The minimum absolute atomic E-state index is 0.0343. The Labute approximate surface area is 156 Å². The van der Waals surface area contributed by atoms with Crippen LogP contribution < -0.4 is 4.90 Å². The van der Waals surface area contributed by atoms with Gasteiger partial charge in [0.25, 0.3) is 5.91 Å². The van der Waals surface area contributed by atoms with Gasteiger partial charge in [0.15, 0.2) is 5.71 Å². The molecule has 6 nitrogen and oxygen atoms in total. The highest BCUT2D eigenvalue weighted by Crippen LogP contribution is 2.35. The summed E-state index contributed by atoms with van der Waals surface area (Å²) in [6, 6.07) is 23.7.